The summed E-state index contributed by atoms with van der Waals surface area (Å²) in [5.74, 6) is -0.205. The fraction of sp³-hybridized carbons (Fsp3) is 0.333. The van der Waals surface area contributed by atoms with Crippen LogP contribution in [0.3, 0.4) is 0 Å². The number of aromatic hydroxyl groups is 1. The number of likely N-dealkylation sites (tertiary alicyclic amines) is 1. The lowest BCUT2D eigenvalue weighted by Gasteiger charge is -2.18. The van der Waals surface area contributed by atoms with E-state index in [2.05, 4.69) is 5.10 Å². The van der Waals surface area contributed by atoms with Gasteiger partial charge >= 0.3 is 0 Å². The van der Waals surface area contributed by atoms with Gasteiger partial charge in [0, 0.05) is 37.3 Å². The summed E-state index contributed by atoms with van der Waals surface area (Å²) in [5.41, 5.74) is 1.22. The zero-order chi connectivity index (χ0) is 15.9. The Kier molecular flexibility index (Phi) is 4.02. The van der Waals surface area contributed by atoms with Crippen LogP contribution in [0.25, 0.3) is 0 Å². The summed E-state index contributed by atoms with van der Waals surface area (Å²) in [4.78, 5) is 14.3. The van der Waals surface area contributed by atoms with Crippen LogP contribution < -0.4 is 0 Å². The monoisotopic (exact) mass is 339 g/mol. The molecule has 1 N–H and O–H groups in total. The van der Waals surface area contributed by atoms with Gasteiger partial charge in [0.05, 0.1) is 16.8 Å². The molecular weight excluding hydrogens is 325 g/mol. The Morgan fingerprint density at radius 3 is 2.82 bits per heavy atom. The molecule has 7 heteroatoms. The summed E-state index contributed by atoms with van der Waals surface area (Å²) in [7, 11) is 1.87. The lowest BCUT2D eigenvalue weighted by molar-refractivity contribution is 0.0788. The van der Waals surface area contributed by atoms with Crippen molar-refractivity contribution in [1.29, 1.82) is 0 Å². The van der Waals surface area contributed by atoms with Crippen molar-refractivity contribution in [2.75, 3.05) is 13.1 Å². The maximum atomic E-state index is 12.6. The molecule has 0 radical (unpaired) electrons. The van der Waals surface area contributed by atoms with E-state index in [9.17, 15) is 9.90 Å². The molecule has 0 spiro atoms. The van der Waals surface area contributed by atoms with E-state index < -0.39 is 0 Å². The molecule has 3 rings (SSSR count). The van der Waals surface area contributed by atoms with Gasteiger partial charge in [-0.1, -0.05) is 23.2 Å². The summed E-state index contributed by atoms with van der Waals surface area (Å²) < 4.78 is 1.75. The molecule has 1 amide bonds. The van der Waals surface area contributed by atoms with E-state index in [-0.39, 0.29) is 28.2 Å². The predicted octanol–water partition coefficient (Wildman–Crippen LogP) is 3.06. The Morgan fingerprint density at radius 2 is 2.18 bits per heavy atom. The number of rotatable bonds is 2. The smallest absolute Gasteiger partial charge is 0.259 e. The summed E-state index contributed by atoms with van der Waals surface area (Å²) in [6, 6.07) is 2.79. The fourth-order valence-corrected chi connectivity index (χ4v) is 3.36. The first-order chi connectivity index (χ1) is 10.5. The standard InChI is InChI=1S/C15H15Cl2N3O2/c1-19-7-10(6-18-19)9-2-3-20(8-9)15(22)14-12(17)4-11(16)5-13(14)21/h4-7,9,21H,2-3,8H2,1H3. The average Bonchev–Trinajstić information content (AvgIpc) is 3.05. The molecule has 1 unspecified atom stereocenters. The van der Waals surface area contributed by atoms with Crippen molar-refractivity contribution >= 4 is 29.1 Å². The molecule has 22 heavy (non-hydrogen) atoms. The SMILES string of the molecule is Cn1cc(C2CCN(C(=O)c3c(O)cc(Cl)cc3Cl)C2)cn1. The van der Waals surface area contributed by atoms with Crippen LogP contribution in [0.2, 0.25) is 10.0 Å². The van der Waals surface area contributed by atoms with E-state index in [1.54, 1.807) is 9.58 Å². The fourth-order valence-electron chi connectivity index (χ4n) is 2.80. The van der Waals surface area contributed by atoms with Crippen LogP contribution in [-0.2, 0) is 7.05 Å². The highest BCUT2D eigenvalue weighted by atomic mass is 35.5. The molecule has 1 aromatic heterocycles. The van der Waals surface area contributed by atoms with Gasteiger partial charge in [-0.3, -0.25) is 9.48 Å². The lowest BCUT2D eigenvalue weighted by Crippen LogP contribution is -2.28. The number of aryl methyl sites for hydroxylation is 1. The molecule has 2 heterocycles. The largest absolute Gasteiger partial charge is 0.507 e. The van der Waals surface area contributed by atoms with E-state index in [1.165, 1.54) is 12.1 Å². The first-order valence-electron chi connectivity index (χ1n) is 6.91. The number of carbonyl (C=O) groups is 1. The van der Waals surface area contributed by atoms with Gasteiger partial charge in [-0.05, 0) is 24.1 Å². The van der Waals surface area contributed by atoms with Crippen LogP contribution in [-0.4, -0.2) is 38.8 Å². The third-order valence-electron chi connectivity index (χ3n) is 3.92. The second-order valence-electron chi connectivity index (χ2n) is 5.47. The van der Waals surface area contributed by atoms with Gasteiger partial charge in [-0.25, -0.2) is 0 Å². The highest BCUT2D eigenvalue weighted by molar-refractivity contribution is 6.37. The van der Waals surface area contributed by atoms with Crippen molar-refractivity contribution < 1.29 is 9.90 Å². The Labute approximate surface area is 138 Å². The third-order valence-corrected chi connectivity index (χ3v) is 4.44. The van der Waals surface area contributed by atoms with E-state index in [0.717, 1.165) is 12.0 Å². The maximum absolute atomic E-state index is 12.6. The Morgan fingerprint density at radius 1 is 1.41 bits per heavy atom. The molecule has 1 fully saturated rings. The van der Waals surface area contributed by atoms with Crippen LogP contribution in [0.4, 0.5) is 0 Å². The van der Waals surface area contributed by atoms with Gasteiger partial charge in [-0.15, -0.1) is 0 Å². The van der Waals surface area contributed by atoms with Gasteiger partial charge in [0.1, 0.15) is 5.75 Å². The molecule has 1 aliphatic rings. The molecule has 0 aliphatic carbocycles. The number of halogens is 2. The molecule has 0 saturated carbocycles. The predicted molar refractivity (Wildman–Crippen MR) is 84.6 cm³/mol. The Hall–Kier alpha value is -1.72. The second-order valence-corrected chi connectivity index (χ2v) is 6.31. The number of phenols is 1. The molecule has 0 bridgehead atoms. The first-order valence-corrected chi connectivity index (χ1v) is 7.67. The van der Waals surface area contributed by atoms with Gasteiger partial charge in [0.15, 0.2) is 0 Å². The highest BCUT2D eigenvalue weighted by Gasteiger charge is 2.31. The van der Waals surface area contributed by atoms with Crippen molar-refractivity contribution in [3.05, 3.63) is 45.7 Å². The lowest BCUT2D eigenvalue weighted by atomic mass is 10.0. The number of aromatic nitrogens is 2. The minimum atomic E-state index is -0.273. The summed E-state index contributed by atoms with van der Waals surface area (Å²) in [6.07, 6.45) is 4.65. The molecule has 1 saturated heterocycles. The van der Waals surface area contributed by atoms with E-state index in [0.29, 0.717) is 18.1 Å². The quantitative estimate of drug-likeness (QED) is 0.914. The van der Waals surface area contributed by atoms with Crippen molar-refractivity contribution in [3.63, 3.8) is 0 Å². The van der Waals surface area contributed by atoms with Crippen molar-refractivity contribution in [3.8, 4) is 5.75 Å². The molecular formula is C15H15Cl2N3O2. The molecule has 1 aliphatic heterocycles. The van der Waals surface area contributed by atoms with Crippen LogP contribution >= 0.6 is 23.2 Å². The molecule has 1 atom stereocenters. The minimum absolute atomic E-state index is 0.109. The molecule has 116 valence electrons. The number of benzene rings is 1. The maximum Gasteiger partial charge on any atom is 0.259 e. The van der Waals surface area contributed by atoms with Crippen molar-refractivity contribution in [1.82, 2.24) is 14.7 Å². The second kappa shape index (κ2) is 5.82. The Balaban J connectivity index is 1.80. The van der Waals surface area contributed by atoms with Crippen molar-refractivity contribution in [2.24, 2.45) is 7.05 Å². The zero-order valence-electron chi connectivity index (χ0n) is 12.0. The third kappa shape index (κ3) is 2.78. The number of hydrogen-bond donors (Lipinski definition) is 1. The van der Waals surface area contributed by atoms with Gasteiger partial charge in [-0.2, -0.15) is 5.10 Å². The van der Waals surface area contributed by atoms with Crippen LogP contribution in [0.15, 0.2) is 24.5 Å². The first kappa shape index (κ1) is 15.2. The topological polar surface area (TPSA) is 58.4 Å². The van der Waals surface area contributed by atoms with Gasteiger partial charge in [0.25, 0.3) is 5.91 Å². The van der Waals surface area contributed by atoms with Crippen molar-refractivity contribution in [2.45, 2.75) is 12.3 Å². The molecule has 5 nitrogen and oxygen atoms in total. The summed E-state index contributed by atoms with van der Waals surface area (Å²) in [6.45, 7) is 1.21. The van der Waals surface area contributed by atoms with Gasteiger partial charge < -0.3 is 10.0 Å². The number of amides is 1. The number of phenolic OH excluding ortho intramolecular Hbond substituents is 1. The summed E-state index contributed by atoms with van der Waals surface area (Å²) in [5, 5.41) is 14.6. The molecule has 2 aromatic rings. The Bertz CT molecular complexity index is 706. The van der Waals surface area contributed by atoms with E-state index in [1.807, 2.05) is 19.4 Å². The van der Waals surface area contributed by atoms with E-state index in [4.69, 9.17) is 23.2 Å². The zero-order valence-corrected chi connectivity index (χ0v) is 13.5. The average molecular weight is 340 g/mol. The summed E-state index contributed by atoms with van der Waals surface area (Å²) >= 11 is 11.9. The minimum Gasteiger partial charge on any atom is -0.507 e. The number of nitrogens with zero attached hydrogens (tertiary/aromatic N) is 3. The normalized spacial score (nSPS) is 18.0. The molecule has 1 aromatic carbocycles. The van der Waals surface area contributed by atoms with Crippen LogP contribution in [0.1, 0.15) is 28.3 Å². The van der Waals surface area contributed by atoms with Crippen LogP contribution in [0.5, 0.6) is 5.75 Å². The number of hydrogen-bond acceptors (Lipinski definition) is 3. The van der Waals surface area contributed by atoms with Gasteiger partial charge in [0.2, 0.25) is 0 Å². The van der Waals surface area contributed by atoms with E-state index >= 15 is 0 Å². The van der Waals surface area contributed by atoms with Crippen LogP contribution in [0, 0.1) is 0 Å². The highest BCUT2D eigenvalue weighted by Crippen LogP contribution is 2.34. The number of carbonyl (C=O) groups excluding carboxylic acids is 1.